The second kappa shape index (κ2) is 10.3. The number of ether oxygens (including phenoxy) is 1. The quantitative estimate of drug-likeness (QED) is 0.345. The first-order valence-electron chi connectivity index (χ1n) is 10.0. The van der Waals surface area contributed by atoms with Gasteiger partial charge in [0.25, 0.3) is 5.91 Å². The number of para-hydroxylation sites is 1. The smallest absolute Gasteiger partial charge is 0.261 e. The van der Waals surface area contributed by atoms with Gasteiger partial charge in [-0.2, -0.15) is 0 Å². The molecule has 168 valence electrons. The van der Waals surface area contributed by atoms with Gasteiger partial charge in [0.2, 0.25) is 5.91 Å². The van der Waals surface area contributed by atoms with Crippen molar-refractivity contribution in [2.75, 3.05) is 5.32 Å². The minimum absolute atomic E-state index is 0.135. The van der Waals surface area contributed by atoms with Gasteiger partial charge in [-0.05, 0) is 42.0 Å². The summed E-state index contributed by atoms with van der Waals surface area (Å²) in [5.74, 6) is 1.18. The molecule has 2 amide bonds. The monoisotopic (exact) mass is 481 g/mol. The number of thiazole rings is 1. The Morgan fingerprint density at radius 2 is 1.88 bits per heavy atom. The van der Waals surface area contributed by atoms with Gasteiger partial charge in [0.05, 0.1) is 12.1 Å². The number of benzene rings is 2. The normalized spacial score (nSPS) is 10.6. The van der Waals surface area contributed by atoms with Crippen molar-refractivity contribution in [3.05, 3.63) is 88.0 Å². The van der Waals surface area contributed by atoms with Gasteiger partial charge in [0.1, 0.15) is 23.8 Å². The number of carbonyl (C=O) groups is 2. The average Bonchev–Trinajstić information content (AvgIpc) is 3.47. The number of furan rings is 1. The van der Waals surface area contributed by atoms with Crippen molar-refractivity contribution in [2.45, 2.75) is 20.1 Å². The molecule has 2 heterocycles. The summed E-state index contributed by atoms with van der Waals surface area (Å²) in [6.45, 7) is 2.05. The Morgan fingerprint density at radius 1 is 1.09 bits per heavy atom. The maximum Gasteiger partial charge on any atom is 0.261 e. The van der Waals surface area contributed by atoms with E-state index in [0.29, 0.717) is 51.8 Å². The second-order valence-corrected chi connectivity index (χ2v) is 8.37. The molecule has 2 aromatic heterocycles. The van der Waals surface area contributed by atoms with Gasteiger partial charge in [-0.1, -0.05) is 35.9 Å². The van der Waals surface area contributed by atoms with Gasteiger partial charge in [0, 0.05) is 17.3 Å². The molecule has 2 aromatic carbocycles. The molecule has 0 aliphatic carbocycles. The molecule has 2 N–H and O–H groups in total. The number of amides is 2. The molecule has 4 rings (SSSR count). The van der Waals surface area contributed by atoms with Crippen molar-refractivity contribution in [2.24, 2.45) is 0 Å². The molecule has 7 nitrogen and oxygen atoms in total. The number of carbonyl (C=O) groups excluding carboxylic acids is 2. The summed E-state index contributed by atoms with van der Waals surface area (Å²) in [7, 11) is 0. The maximum atomic E-state index is 12.9. The predicted molar refractivity (Wildman–Crippen MR) is 128 cm³/mol. The SMILES string of the molecule is CC(=O)NCc1ccc(-c2csc(NC(=O)c3ccccc3OCc3ccc(Cl)cc3)n2)o1. The third-order valence-electron chi connectivity index (χ3n) is 4.59. The summed E-state index contributed by atoms with van der Waals surface area (Å²) in [6, 6.07) is 17.9. The molecular formula is C24H20ClN3O4S. The summed E-state index contributed by atoms with van der Waals surface area (Å²) in [6.07, 6.45) is 0. The minimum atomic E-state index is -0.326. The first-order valence-corrected chi connectivity index (χ1v) is 11.3. The summed E-state index contributed by atoms with van der Waals surface area (Å²) in [4.78, 5) is 28.4. The van der Waals surface area contributed by atoms with E-state index in [9.17, 15) is 9.59 Å². The zero-order valence-corrected chi connectivity index (χ0v) is 19.2. The van der Waals surface area contributed by atoms with Crippen LogP contribution in [0.5, 0.6) is 5.75 Å². The lowest BCUT2D eigenvalue weighted by molar-refractivity contribution is -0.119. The predicted octanol–water partition coefficient (Wildman–Crippen LogP) is 5.52. The van der Waals surface area contributed by atoms with Crippen LogP contribution in [0.25, 0.3) is 11.5 Å². The number of hydrogen-bond donors (Lipinski definition) is 2. The van der Waals surface area contributed by atoms with Crippen LogP contribution in [-0.2, 0) is 17.9 Å². The van der Waals surface area contributed by atoms with Gasteiger partial charge < -0.3 is 14.5 Å². The molecule has 0 spiro atoms. The Balaban J connectivity index is 1.41. The summed E-state index contributed by atoms with van der Waals surface area (Å²) in [5, 5.41) is 8.37. The summed E-state index contributed by atoms with van der Waals surface area (Å²) >= 11 is 7.21. The van der Waals surface area contributed by atoms with Crippen molar-refractivity contribution in [1.29, 1.82) is 0 Å². The highest BCUT2D eigenvalue weighted by Crippen LogP contribution is 2.28. The van der Waals surface area contributed by atoms with Crippen LogP contribution in [-0.4, -0.2) is 16.8 Å². The first-order chi connectivity index (χ1) is 16.0. The molecule has 0 fully saturated rings. The van der Waals surface area contributed by atoms with E-state index in [0.717, 1.165) is 5.56 Å². The average molecular weight is 482 g/mol. The van der Waals surface area contributed by atoms with E-state index >= 15 is 0 Å². The standard InChI is InChI=1S/C24H20ClN3O4S/c1-15(29)26-12-18-10-11-22(32-18)20-14-33-24(27-20)28-23(30)19-4-2-3-5-21(19)31-13-16-6-8-17(25)9-7-16/h2-11,14H,12-13H2,1H3,(H,26,29)(H,27,28,30). The fourth-order valence-corrected chi connectivity index (χ4v) is 3.77. The highest BCUT2D eigenvalue weighted by atomic mass is 35.5. The Hall–Kier alpha value is -3.62. The van der Waals surface area contributed by atoms with Crippen molar-refractivity contribution < 1.29 is 18.7 Å². The molecule has 0 saturated carbocycles. The Morgan fingerprint density at radius 3 is 2.67 bits per heavy atom. The molecule has 0 radical (unpaired) electrons. The Bertz CT molecular complexity index is 1270. The fraction of sp³-hybridized carbons (Fsp3) is 0.125. The van der Waals surface area contributed by atoms with E-state index in [2.05, 4.69) is 15.6 Å². The van der Waals surface area contributed by atoms with Crippen molar-refractivity contribution in [3.8, 4) is 17.2 Å². The third kappa shape index (κ3) is 6.00. The number of aromatic nitrogens is 1. The van der Waals surface area contributed by atoms with Crippen LogP contribution in [0.4, 0.5) is 5.13 Å². The lowest BCUT2D eigenvalue weighted by Gasteiger charge is -2.11. The minimum Gasteiger partial charge on any atom is -0.488 e. The Labute approximate surface area is 199 Å². The van der Waals surface area contributed by atoms with Crippen LogP contribution in [0.1, 0.15) is 28.6 Å². The van der Waals surface area contributed by atoms with Crippen LogP contribution < -0.4 is 15.4 Å². The van der Waals surface area contributed by atoms with E-state index in [1.807, 2.05) is 18.2 Å². The van der Waals surface area contributed by atoms with Crippen LogP contribution in [0.15, 0.2) is 70.5 Å². The fourth-order valence-electron chi connectivity index (χ4n) is 2.95. The molecule has 0 bridgehead atoms. The van der Waals surface area contributed by atoms with Gasteiger partial charge in [0.15, 0.2) is 10.9 Å². The maximum absolute atomic E-state index is 12.9. The van der Waals surface area contributed by atoms with Gasteiger partial charge in [-0.15, -0.1) is 11.3 Å². The highest BCUT2D eigenvalue weighted by Gasteiger charge is 2.16. The number of rotatable bonds is 8. The van der Waals surface area contributed by atoms with Crippen LogP contribution >= 0.6 is 22.9 Å². The molecule has 0 saturated heterocycles. The first kappa shape index (κ1) is 22.6. The molecular weight excluding hydrogens is 462 g/mol. The topological polar surface area (TPSA) is 93.5 Å². The third-order valence-corrected chi connectivity index (χ3v) is 5.60. The largest absolute Gasteiger partial charge is 0.488 e. The highest BCUT2D eigenvalue weighted by molar-refractivity contribution is 7.14. The van der Waals surface area contributed by atoms with E-state index in [1.165, 1.54) is 18.3 Å². The zero-order valence-electron chi connectivity index (χ0n) is 17.6. The van der Waals surface area contributed by atoms with Gasteiger partial charge >= 0.3 is 0 Å². The van der Waals surface area contributed by atoms with E-state index in [1.54, 1.807) is 47.8 Å². The van der Waals surface area contributed by atoms with Crippen LogP contribution in [0.2, 0.25) is 5.02 Å². The van der Waals surface area contributed by atoms with Crippen molar-refractivity contribution in [1.82, 2.24) is 10.3 Å². The number of halogens is 1. The number of nitrogens with one attached hydrogen (secondary N) is 2. The van der Waals surface area contributed by atoms with E-state index in [-0.39, 0.29) is 11.8 Å². The molecule has 0 aliphatic rings. The van der Waals surface area contributed by atoms with E-state index < -0.39 is 0 Å². The molecule has 0 atom stereocenters. The van der Waals surface area contributed by atoms with Crippen molar-refractivity contribution in [3.63, 3.8) is 0 Å². The second-order valence-electron chi connectivity index (χ2n) is 7.08. The lowest BCUT2D eigenvalue weighted by Crippen LogP contribution is -2.18. The molecule has 9 heteroatoms. The molecule has 0 unspecified atom stereocenters. The van der Waals surface area contributed by atoms with Gasteiger partial charge in [-0.25, -0.2) is 4.98 Å². The molecule has 0 aliphatic heterocycles. The molecule has 33 heavy (non-hydrogen) atoms. The lowest BCUT2D eigenvalue weighted by atomic mass is 10.2. The van der Waals surface area contributed by atoms with Gasteiger partial charge in [-0.3, -0.25) is 14.9 Å². The van der Waals surface area contributed by atoms with Crippen molar-refractivity contribution >= 4 is 39.9 Å². The van der Waals surface area contributed by atoms with Crippen LogP contribution in [0.3, 0.4) is 0 Å². The number of anilines is 1. The number of hydrogen-bond acceptors (Lipinski definition) is 6. The zero-order chi connectivity index (χ0) is 23.2. The number of nitrogens with zero attached hydrogens (tertiary/aromatic N) is 1. The van der Waals surface area contributed by atoms with Crippen LogP contribution in [0, 0.1) is 0 Å². The summed E-state index contributed by atoms with van der Waals surface area (Å²) in [5.41, 5.74) is 1.94. The van der Waals surface area contributed by atoms with E-state index in [4.69, 9.17) is 20.8 Å². The Kier molecular flexibility index (Phi) is 7.07. The summed E-state index contributed by atoms with van der Waals surface area (Å²) < 4.78 is 11.6. The molecule has 4 aromatic rings.